The van der Waals surface area contributed by atoms with Gasteiger partial charge in [0.25, 0.3) is 0 Å². The highest BCUT2D eigenvalue weighted by atomic mass is 32.2. The van der Waals surface area contributed by atoms with Crippen molar-refractivity contribution in [2.45, 2.75) is 38.9 Å². The van der Waals surface area contributed by atoms with E-state index in [2.05, 4.69) is 0 Å². The zero-order valence-corrected chi connectivity index (χ0v) is 10.2. The summed E-state index contributed by atoms with van der Waals surface area (Å²) in [4.78, 5) is 0. The van der Waals surface area contributed by atoms with Gasteiger partial charge in [0.05, 0.1) is 5.25 Å². The van der Waals surface area contributed by atoms with Gasteiger partial charge in [0.1, 0.15) is 0 Å². The number of hydrogen-bond donors (Lipinski definition) is 1. The van der Waals surface area contributed by atoms with Crippen LogP contribution in [0.5, 0.6) is 0 Å². The number of nitrogens with zero attached hydrogens (tertiary/aromatic N) is 1. The summed E-state index contributed by atoms with van der Waals surface area (Å²) < 4.78 is 25.3. The van der Waals surface area contributed by atoms with Crippen LogP contribution in [-0.4, -0.2) is 37.6 Å². The van der Waals surface area contributed by atoms with Crippen molar-refractivity contribution in [1.82, 2.24) is 4.31 Å². The third-order valence-corrected chi connectivity index (χ3v) is 4.44. The Balaban J connectivity index is 4.62. The Morgan fingerprint density at radius 2 is 1.64 bits per heavy atom. The Bertz CT molecular complexity index is 233. The lowest BCUT2D eigenvalue weighted by atomic mass is 10.4. The Morgan fingerprint density at radius 1 is 1.21 bits per heavy atom. The SMILES string of the molecule is CCCN(CCC)S(=O)(=O)C(C)CN. The predicted molar refractivity (Wildman–Crippen MR) is 59.6 cm³/mol. The monoisotopic (exact) mass is 222 g/mol. The summed E-state index contributed by atoms with van der Waals surface area (Å²) >= 11 is 0. The van der Waals surface area contributed by atoms with Crippen molar-refractivity contribution < 1.29 is 8.42 Å². The van der Waals surface area contributed by atoms with Crippen LogP contribution in [0.2, 0.25) is 0 Å². The van der Waals surface area contributed by atoms with E-state index in [1.54, 1.807) is 11.2 Å². The first-order valence-electron chi connectivity index (χ1n) is 5.19. The molecule has 0 aromatic carbocycles. The standard InChI is InChI=1S/C9H22N2O2S/c1-4-6-11(7-5-2)14(12,13)9(3)8-10/h9H,4-8,10H2,1-3H3. The van der Waals surface area contributed by atoms with Crippen molar-refractivity contribution in [3.63, 3.8) is 0 Å². The maximum Gasteiger partial charge on any atom is 0.217 e. The number of nitrogens with two attached hydrogens (primary N) is 1. The molecule has 4 nitrogen and oxygen atoms in total. The van der Waals surface area contributed by atoms with Crippen molar-refractivity contribution in [3.05, 3.63) is 0 Å². The minimum absolute atomic E-state index is 0.187. The maximum absolute atomic E-state index is 11.9. The van der Waals surface area contributed by atoms with Crippen LogP contribution >= 0.6 is 0 Å². The van der Waals surface area contributed by atoms with Gasteiger partial charge in [-0.1, -0.05) is 13.8 Å². The minimum atomic E-state index is -3.17. The molecule has 5 heteroatoms. The lowest BCUT2D eigenvalue weighted by Crippen LogP contribution is -2.41. The molecule has 0 aliphatic heterocycles. The molecule has 0 fully saturated rings. The first-order valence-corrected chi connectivity index (χ1v) is 6.70. The zero-order valence-electron chi connectivity index (χ0n) is 9.36. The normalized spacial score (nSPS) is 14.6. The molecule has 0 aliphatic carbocycles. The second-order valence-corrected chi connectivity index (χ2v) is 5.84. The van der Waals surface area contributed by atoms with Gasteiger partial charge in [0, 0.05) is 19.6 Å². The molecular formula is C9H22N2O2S. The van der Waals surface area contributed by atoms with Crippen LogP contribution in [0.1, 0.15) is 33.6 Å². The van der Waals surface area contributed by atoms with E-state index in [1.165, 1.54) is 0 Å². The van der Waals surface area contributed by atoms with E-state index in [9.17, 15) is 8.42 Å². The van der Waals surface area contributed by atoms with Crippen LogP contribution in [0.25, 0.3) is 0 Å². The average molecular weight is 222 g/mol. The van der Waals surface area contributed by atoms with Crippen LogP contribution in [0.3, 0.4) is 0 Å². The maximum atomic E-state index is 11.9. The van der Waals surface area contributed by atoms with Crippen molar-refractivity contribution in [3.8, 4) is 0 Å². The van der Waals surface area contributed by atoms with E-state index in [4.69, 9.17) is 5.73 Å². The van der Waals surface area contributed by atoms with Gasteiger partial charge in [-0.15, -0.1) is 0 Å². The third kappa shape index (κ3) is 3.55. The quantitative estimate of drug-likeness (QED) is 0.692. The molecule has 0 amide bonds. The fourth-order valence-corrected chi connectivity index (χ4v) is 2.87. The summed E-state index contributed by atoms with van der Waals surface area (Å²) in [6.45, 7) is 7.00. The smallest absolute Gasteiger partial charge is 0.217 e. The average Bonchev–Trinajstić information content (AvgIpc) is 2.16. The Hall–Kier alpha value is -0.130. The summed E-state index contributed by atoms with van der Waals surface area (Å²) in [5, 5.41) is -0.472. The van der Waals surface area contributed by atoms with E-state index >= 15 is 0 Å². The first kappa shape index (κ1) is 13.9. The second-order valence-electron chi connectivity index (χ2n) is 3.49. The molecule has 0 aromatic heterocycles. The Morgan fingerprint density at radius 3 is 1.93 bits per heavy atom. The molecule has 1 unspecified atom stereocenters. The van der Waals surface area contributed by atoms with Crippen molar-refractivity contribution >= 4 is 10.0 Å². The topological polar surface area (TPSA) is 63.4 Å². The fourth-order valence-electron chi connectivity index (χ4n) is 1.24. The number of sulfonamides is 1. The van der Waals surface area contributed by atoms with Crippen LogP contribution in [0, 0.1) is 0 Å². The molecular weight excluding hydrogens is 200 g/mol. The lowest BCUT2D eigenvalue weighted by molar-refractivity contribution is 0.404. The van der Waals surface area contributed by atoms with E-state index in [0.717, 1.165) is 12.8 Å². The van der Waals surface area contributed by atoms with Gasteiger partial charge in [0.2, 0.25) is 10.0 Å². The summed E-state index contributed by atoms with van der Waals surface area (Å²) in [6.07, 6.45) is 1.69. The predicted octanol–water partition coefficient (Wildman–Crippen LogP) is 0.785. The molecule has 0 aromatic rings. The fraction of sp³-hybridized carbons (Fsp3) is 1.00. The van der Waals surface area contributed by atoms with Crippen LogP contribution in [-0.2, 0) is 10.0 Å². The van der Waals surface area contributed by atoms with Crippen LogP contribution in [0.15, 0.2) is 0 Å². The van der Waals surface area contributed by atoms with Crippen molar-refractivity contribution in [2.75, 3.05) is 19.6 Å². The molecule has 86 valence electrons. The molecule has 0 radical (unpaired) electrons. The molecule has 1 atom stereocenters. The lowest BCUT2D eigenvalue weighted by Gasteiger charge is -2.24. The molecule has 2 N–H and O–H groups in total. The summed E-state index contributed by atoms with van der Waals surface area (Å²) in [5.74, 6) is 0. The van der Waals surface area contributed by atoms with Gasteiger partial charge in [-0.3, -0.25) is 0 Å². The van der Waals surface area contributed by atoms with Gasteiger partial charge in [0.15, 0.2) is 0 Å². The number of rotatable bonds is 7. The summed E-state index contributed by atoms with van der Waals surface area (Å²) in [7, 11) is -3.17. The molecule has 0 bridgehead atoms. The van der Waals surface area contributed by atoms with Gasteiger partial charge in [-0.25, -0.2) is 12.7 Å². The Kier molecular flexibility index (Phi) is 6.31. The largest absolute Gasteiger partial charge is 0.329 e. The van der Waals surface area contributed by atoms with Crippen LogP contribution < -0.4 is 5.73 Å². The molecule has 0 aliphatic rings. The minimum Gasteiger partial charge on any atom is -0.329 e. The molecule has 0 spiro atoms. The van der Waals surface area contributed by atoms with E-state index in [1.807, 2.05) is 13.8 Å². The van der Waals surface area contributed by atoms with Gasteiger partial charge < -0.3 is 5.73 Å². The highest BCUT2D eigenvalue weighted by molar-refractivity contribution is 7.89. The molecule has 0 saturated heterocycles. The second kappa shape index (κ2) is 6.37. The first-order chi connectivity index (χ1) is 6.50. The highest BCUT2D eigenvalue weighted by Crippen LogP contribution is 2.09. The zero-order chi connectivity index (χ0) is 11.2. The third-order valence-electron chi connectivity index (χ3n) is 2.15. The van der Waals surface area contributed by atoms with Gasteiger partial charge in [-0.05, 0) is 19.8 Å². The van der Waals surface area contributed by atoms with Crippen molar-refractivity contribution in [2.24, 2.45) is 5.73 Å². The summed E-state index contributed by atoms with van der Waals surface area (Å²) in [5.41, 5.74) is 5.38. The van der Waals surface area contributed by atoms with E-state index in [0.29, 0.717) is 13.1 Å². The molecule has 0 heterocycles. The van der Waals surface area contributed by atoms with E-state index in [-0.39, 0.29) is 6.54 Å². The molecule has 14 heavy (non-hydrogen) atoms. The van der Waals surface area contributed by atoms with Crippen LogP contribution in [0.4, 0.5) is 0 Å². The molecule has 0 saturated carbocycles. The van der Waals surface area contributed by atoms with Crippen molar-refractivity contribution in [1.29, 1.82) is 0 Å². The van der Waals surface area contributed by atoms with Gasteiger partial charge in [-0.2, -0.15) is 0 Å². The van der Waals surface area contributed by atoms with Gasteiger partial charge >= 0.3 is 0 Å². The Labute approximate surface area is 87.5 Å². The van der Waals surface area contributed by atoms with E-state index < -0.39 is 15.3 Å². The molecule has 0 rings (SSSR count). The highest BCUT2D eigenvalue weighted by Gasteiger charge is 2.26. The number of hydrogen-bond acceptors (Lipinski definition) is 3. The summed E-state index contributed by atoms with van der Waals surface area (Å²) in [6, 6.07) is 0.